The maximum absolute atomic E-state index is 13.5. The molecule has 1 N–H and O–H groups in total. The zero-order valence-corrected chi connectivity index (χ0v) is 9.25. The lowest BCUT2D eigenvalue weighted by molar-refractivity contribution is 0.358. The highest BCUT2D eigenvalue weighted by Crippen LogP contribution is 2.35. The Morgan fingerprint density at radius 1 is 0.600 bits per heavy atom. The van der Waals surface area contributed by atoms with Gasteiger partial charge >= 0.3 is 0 Å². The van der Waals surface area contributed by atoms with Crippen LogP contribution in [0.4, 0.5) is 30.7 Å². The fourth-order valence-corrected chi connectivity index (χ4v) is 1.57. The largest absolute Gasteiger partial charge is 0.503 e. The van der Waals surface area contributed by atoms with Crippen molar-refractivity contribution in [3.63, 3.8) is 0 Å². The highest BCUT2D eigenvalue weighted by molar-refractivity contribution is 5.66. The van der Waals surface area contributed by atoms with Gasteiger partial charge in [0.05, 0.1) is 5.56 Å². The average Bonchev–Trinajstić information content (AvgIpc) is 2.40. The second-order valence-electron chi connectivity index (χ2n) is 3.73. The third kappa shape index (κ3) is 1.97. The number of benzene rings is 2. The molecule has 0 aliphatic rings. The van der Waals surface area contributed by atoms with Crippen molar-refractivity contribution < 1.29 is 35.8 Å². The maximum atomic E-state index is 13.5. The molecule has 0 atom stereocenters. The van der Waals surface area contributed by atoms with E-state index in [2.05, 4.69) is 0 Å². The van der Waals surface area contributed by atoms with Gasteiger partial charge in [-0.25, -0.2) is 22.0 Å². The molecule has 20 heavy (non-hydrogen) atoms. The molecule has 106 valence electrons. The Morgan fingerprint density at radius 3 is 1.40 bits per heavy atom. The molecule has 0 saturated carbocycles. The minimum Gasteiger partial charge on any atom is -0.503 e. The molecule has 2 aromatic carbocycles. The van der Waals surface area contributed by atoms with Crippen molar-refractivity contribution in [2.75, 3.05) is 0 Å². The number of halogens is 7. The normalized spacial score (nSPS) is 10.9. The summed E-state index contributed by atoms with van der Waals surface area (Å²) in [7, 11) is 0. The van der Waals surface area contributed by atoms with Gasteiger partial charge in [0.25, 0.3) is 0 Å². The van der Waals surface area contributed by atoms with Crippen LogP contribution in [0, 0.1) is 40.7 Å². The summed E-state index contributed by atoms with van der Waals surface area (Å²) in [6, 6.07) is 0.325. The number of hydrogen-bond donors (Lipinski definition) is 1. The lowest BCUT2D eigenvalue weighted by Gasteiger charge is -2.09. The Morgan fingerprint density at radius 2 is 1.00 bits per heavy atom. The van der Waals surface area contributed by atoms with Crippen LogP contribution in [0.1, 0.15) is 0 Å². The van der Waals surface area contributed by atoms with Gasteiger partial charge in [0.2, 0.25) is 11.6 Å². The van der Waals surface area contributed by atoms with Crippen molar-refractivity contribution in [3.05, 3.63) is 52.9 Å². The van der Waals surface area contributed by atoms with Gasteiger partial charge in [0.1, 0.15) is 0 Å². The SMILES string of the molecule is Oc1c(F)c(F)c(-c2cc(F)c(F)c(F)c2)c(F)c1F. The molecule has 0 unspecified atom stereocenters. The van der Waals surface area contributed by atoms with Gasteiger partial charge < -0.3 is 5.11 Å². The van der Waals surface area contributed by atoms with Crippen LogP contribution in [0.15, 0.2) is 12.1 Å². The van der Waals surface area contributed by atoms with E-state index >= 15 is 0 Å². The first-order chi connectivity index (χ1) is 9.25. The smallest absolute Gasteiger partial charge is 0.204 e. The fourth-order valence-electron chi connectivity index (χ4n) is 1.57. The molecule has 2 rings (SSSR count). The highest BCUT2D eigenvalue weighted by Gasteiger charge is 2.27. The van der Waals surface area contributed by atoms with Gasteiger partial charge in [-0.1, -0.05) is 0 Å². The molecule has 0 radical (unpaired) electrons. The fraction of sp³-hybridized carbons (Fsp3) is 0. The molecule has 0 aliphatic heterocycles. The van der Waals surface area contributed by atoms with Crippen LogP contribution in [-0.4, -0.2) is 5.11 Å². The van der Waals surface area contributed by atoms with Crippen LogP contribution in [0.25, 0.3) is 11.1 Å². The number of phenols is 1. The minimum atomic E-state index is -2.14. The molecule has 8 heteroatoms. The maximum Gasteiger partial charge on any atom is 0.204 e. The summed E-state index contributed by atoms with van der Waals surface area (Å²) >= 11 is 0. The lowest BCUT2D eigenvalue weighted by atomic mass is 10.0. The first-order valence-electron chi connectivity index (χ1n) is 4.95. The van der Waals surface area contributed by atoms with E-state index in [0.717, 1.165) is 0 Å². The summed E-state index contributed by atoms with van der Waals surface area (Å²) < 4.78 is 91.8. The molecule has 0 bridgehead atoms. The molecule has 1 nitrogen and oxygen atoms in total. The Labute approximate surface area is 106 Å². The number of rotatable bonds is 1. The zero-order valence-electron chi connectivity index (χ0n) is 9.25. The van der Waals surface area contributed by atoms with Crippen LogP contribution in [-0.2, 0) is 0 Å². The van der Waals surface area contributed by atoms with Crippen LogP contribution >= 0.6 is 0 Å². The third-order valence-electron chi connectivity index (χ3n) is 2.51. The second kappa shape index (κ2) is 4.69. The van der Waals surface area contributed by atoms with Gasteiger partial charge in [0.15, 0.2) is 34.8 Å². The van der Waals surface area contributed by atoms with Crippen molar-refractivity contribution in [2.24, 2.45) is 0 Å². The first kappa shape index (κ1) is 14.2. The molecule has 0 spiro atoms. The standard InChI is InChI=1S/C12H3F7O/c13-4-1-3(2-5(14)7(4)15)6-8(16)10(18)12(20)11(19)9(6)17/h1-2,20H. The van der Waals surface area contributed by atoms with E-state index in [-0.39, 0.29) is 12.1 Å². The van der Waals surface area contributed by atoms with Crippen molar-refractivity contribution >= 4 is 0 Å². The van der Waals surface area contributed by atoms with Crippen molar-refractivity contribution in [1.29, 1.82) is 0 Å². The number of phenolic OH excluding ortho intramolecular Hbond substituents is 1. The summed E-state index contributed by atoms with van der Waals surface area (Å²) in [5.41, 5.74) is -2.43. The zero-order chi connectivity index (χ0) is 15.2. The summed E-state index contributed by atoms with van der Waals surface area (Å²) in [4.78, 5) is 0. The van der Waals surface area contributed by atoms with Crippen molar-refractivity contribution in [1.82, 2.24) is 0 Å². The minimum absolute atomic E-state index is 0.163. The monoisotopic (exact) mass is 296 g/mol. The third-order valence-corrected chi connectivity index (χ3v) is 2.51. The summed E-state index contributed by atoms with van der Waals surface area (Å²) in [6.45, 7) is 0. The van der Waals surface area contributed by atoms with Crippen molar-refractivity contribution in [3.8, 4) is 16.9 Å². The molecule has 0 aromatic heterocycles. The van der Waals surface area contributed by atoms with E-state index in [1.165, 1.54) is 0 Å². The van der Waals surface area contributed by atoms with E-state index in [1.807, 2.05) is 0 Å². The number of aromatic hydroxyl groups is 1. The summed E-state index contributed by atoms with van der Waals surface area (Å²) in [6.07, 6.45) is 0. The molecule has 0 heterocycles. The van der Waals surface area contributed by atoms with E-state index in [0.29, 0.717) is 0 Å². The average molecular weight is 296 g/mol. The molecule has 0 aliphatic carbocycles. The van der Waals surface area contributed by atoms with E-state index in [4.69, 9.17) is 5.11 Å². The topological polar surface area (TPSA) is 20.2 Å². The first-order valence-corrected chi connectivity index (χ1v) is 4.95. The molecule has 0 fully saturated rings. The summed E-state index contributed by atoms with van der Waals surface area (Å²) in [5.74, 6) is -15.8. The van der Waals surface area contributed by atoms with E-state index < -0.39 is 57.6 Å². The Bertz CT molecular complexity index is 659. The van der Waals surface area contributed by atoms with Crippen LogP contribution in [0.2, 0.25) is 0 Å². The van der Waals surface area contributed by atoms with Crippen LogP contribution < -0.4 is 0 Å². The Balaban J connectivity index is 2.83. The molecule has 2 aromatic rings. The van der Waals surface area contributed by atoms with Gasteiger partial charge in [-0.05, 0) is 17.7 Å². The molecule has 0 amide bonds. The van der Waals surface area contributed by atoms with E-state index in [1.54, 1.807) is 0 Å². The van der Waals surface area contributed by atoms with Gasteiger partial charge in [-0.2, -0.15) is 8.78 Å². The summed E-state index contributed by atoms with van der Waals surface area (Å²) in [5, 5.41) is 8.75. The molecule has 0 saturated heterocycles. The van der Waals surface area contributed by atoms with Gasteiger partial charge in [-0.3, -0.25) is 0 Å². The molecular formula is C12H3F7O. The Hall–Kier alpha value is -2.25. The Kier molecular flexibility index (Phi) is 3.33. The lowest BCUT2D eigenvalue weighted by Crippen LogP contribution is -2.01. The van der Waals surface area contributed by atoms with Crippen LogP contribution in [0.3, 0.4) is 0 Å². The highest BCUT2D eigenvalue weighted by atomic mass is 19.2. The predicted molar refractivity (Wildman–Crippen MR) is 53.2 cm³/mol. The molecular weight excluding hydrogens is 293 g/mol. The van der Waals surface area contributed by atoms with Crippen molar-refractivity contribution in [2.45, 2.75) is 0 Å². The van der Waals surface area contributed by atoms with E-state index in [9.17, 15) is 30.7 Å². The van der Waals surface area contributed by atoms with Gasteiger partial charge in [-0.15, -0.1) is 0 Å². The second-order valence-corrected chi connectivity index (χ2v) is 3.73. The quantitative estimate of drug-likeness (QED) is 0.478. The van der Waals surface area contributed by atoms with Gasteiger partial charge in [0, 0.05) is 0 Å². The number of hydrogen-bond acceptors (Lipinski definition) is 1. The van der Waals surface area contributed by atoms with Crippen LogP contribution in [0.5, 0.6) is 5.75 Å². The predicted octanol–water partition coefficient (Wildman–Crippen LogP) is 4.03.